The van der Waals surface area contributed by atoms with Crippen LogP contribution in [0.5, 0.6) is 0 Å². The Balaban J connectivity index is 2.25. The van der Waals surface area contributed by atoms with Crippen molar-refractivity contribution in [1.82, 2.24) is 4.90 Å². The van der Waals surface area contributed by atoms with Gasteiger partial charge in [-0.25, -0.2) is 0 Å². The van der Waals surface area contributed by atoms with Crippen LogP contribution in [0.25, 0.3) is 0 Å². The van der Waals surface area contributed by atoms with Crippen LogP contribution in [0.3, 0.4) is 0 Å². The largest absolute Gasteiger partial charge is 0.325 e. The maximum Gasteiger partial charge on any atom is 0.0297 e. The van der Waals surface area contributed by atoms with Crippen molar-refractivity contribution in [3.63, 3.8) is 0 Å². The van der Waals surface area contributed by atoms with Gasteiger partial charge in [0, 0.05) is 25.2 Å². The highest BCUT2D eigenvalue weighted by molar-refractivity contribution is 4.87. The van der Waals surface area contributed by atoms with Crippen molar-refractivity contribution >= 4 is 0 Å². The number of rotatable bonds is 3. The Morgan fingerprint density at radius 1 is 1.45 bits per heavy atom. The van der Waals surface area contributed by atoms with Gasteiger partial charge in [-0.15, -0.1) is 0 Å². The zero-order valence-electron chi connectivity index (χ0n) is 7.88. The van der Waals surface area contributed by atoms with Crippen molar-refractivity contribution in [2.45, 2.75) is 39.3 Å². The summed E-state index contributed by atoms with van der Waals surface area (Å²) in [7, 11) is 0. The lowest BCUT2D eigenvalue weighted by molar-refractivity contribution is 0.0725. The zero-order chi connectivity index (χ0) is 8.43. The van der Waals surface area contributed by atoms with Gasteiger partial charge in [0.1, 0.15) is 0 Å². The maximum atomic E-state index is 5.71. The minimum absolute atomic E-state index is 0.446. The molecule has 0 spiro atoms. The molecule has 2 nitrogen and oxygen atoms in total. The molecule has 0 amide bonds. The molecule has 1 saturated heterocycles. The van der Waals surface area contributed by atoms with E-state index in [1.165, 1.54) is 6.42 Å². The van der Waals surface area contributed by atoms with E-state index in [1.54, 1.807) is 0 Å². The summed E-state index contributed by atoms with van der Waals surface area (Å²) >= 11 is 0. The molecule has 2 unspecified atom stereocenters. The van der Waals surface area contributed by atoms with Crippen LogP contribution in [-0.4, -0.2) is 30.1 Å². The molecule has 0 aromatic heterocycles. The molecule has 1 rings (SSSR count). The molecule has 0 aromatic carbocycles. The Morgan fingerprint density at radius 2 is 2.00 bits per heavy atom. The SMILES string of the molecule is CCC(C)C(C)N1CC(N)C1. The first-order chi connectivity index (χ1) is 5.15. The first-order valence-corrected chi connectivity index (χ1v) is 4.64. The second kappa shape index (κ2) is 3.55. The molecule has 1 heterocycles. The van der Waals surface area contributed by atoms with Crippen LogP contribution >= 0.6 is 0 Å². The van der Waals surface area contributed by atoms with E-state index in [2.05, 4.69) is 25.7 Å². The molecule has 0 aliphatic carbocycles. The molecule has 1 fully saturated rings. The fraction of sp³-hybridized carbons (Fsp3) is 1.00. The second-order valence-corrected chi connectivity index (χ2v) is 3.84. The highest BCUT2D eigenvalue weighted by Crippen LogP contribution is 2.18. The predicted octanol–water partition coefficient (Wildman–Crippen LogP) is 1.06. The minimum atomic E-state index is 0.446. The normalized spacial score (nSPS) is 26.2. The lowest BCUT2D eigenvalue weighted by atomic mass is 9.95. The zero-order valence-corrected chi connectivity index (χ0v) is 7.88. The summed E-state index contributed by atoms with van der Waals surface area (Å²) in [4.78, 5) is 2.47. The van der Waals surface area contributed by atoms with E-state index in [4.69, 9.17) is 5.73 Å². The van der Waals surface area contributed by atoms with E-state index in [0.29, 0.717) is 6.04 Å². The number of nitrogens with zero attached hydrogens (tertiary/aromatic N) is 1. The van der Waals surface area contributed by atoms with Gasteiger partial charge in [0.2, 0.25) is 0 Å². The Kier molecular flexibility index (Phi) is 2.90. The molecule has 0 saturated carbocycles. The van der Waals surface area contributed by atoms with Crippen molar-refractivity contribution in [2.75, 3.05) is 13.1 Å². The molecule has 66 valence electrons. The standard InChI is InChI=1S/C9H20N2/c1-4-7(2)8(3)11-5-9(10)6-11/h7-9H,4-6,10H2,1-3H3. The van der Waals surface area contributed by atoms with Gasteiger partial charge in [0.05, 0.1) is 0 Å². The Morgan fingerprint density at radius 3 is 2.36 bits per heavy atom. The molecule has 2 N–H and O–H groups in total. The molecule has 0 radical (unpaired) electrons. The molecule has 2 heteroatoms. The van der Waals surface area contributed by atoms with Crippen molar-refractivity contribution in [2.24, 2.45) is 11.7 Å². The highest BCUT2D eigenvalue weighted by atomic mass is 15.2. The minimum Gasteiger partial charge on any atom is -0.325 e. The first-order valence-electron chi connectivity index (χ1n) is 4.64. The van der Waals surface area contributed by atoms with Gasteiger partial charge >= 0.3 is 0 Å². The van der Waals surface area contributed by atoms with Crippen molar-refractivity contribution in [3.8, 4) is 0 Å². The summed E-state index contributed by atoms with van der Waals surface area (Å²) in [6.07, 6.45) is 1.27. The van der Waals surface area contributed by atoms with Gasteiger partial charge in [-0.2, -0.15) is 0 Å². The van der Waals surface area contributed by atoms with Gasteiger partial charge in [-0.1, -0.05) is 20.3 Å². The average molecular weight is 156 g/mol. The van der Waals surface area contributed by atoms with Gasteiger partial charge in [-0.05, 0) is 12.8 Å². The summed E-state index contributed by atoms with van der Waals surface area (Å²) in [6, 6.07) is 1.17. The fourth-order valence-electron chi connectivity index (χ4n) is 1.58. The summed E-state index contributed by atoms with van der Waals surface area (Å²) in [5.41, 5.74) is 5.71. The fourth-order valence-corrected chi connectivity index (χ4v) is 1.58. The van der Waals surface area contributed by atoms with E-state index in [0.717, 1.165) is 25.0 Å². The quantitative estimate of drug-likeness (QED) is 0.662. The van der Waals surface area contributed by atoms with Gasteiger partial charge < -0.3 is 5.73 Å². The number of hydrogen-bond donors (Lipinski definition) is 1. The molecule has 11 heavy (non-hydrogen) atoms. The molecule has 2 atom stereocenters. The van der Waals surface area contributed by atoms with Crippen LogP contribution in [0, 0.1) is 5.92 Å². The lowest BCUT2D eigenvalue weighted by Crippen LogP contribution is -2.59. The van der Waals surface area contributed by atoms with Gasteiger partial charge in [0.25, 0.3) is 0 Å². The highest BCUT2D eigenvalue weighted by Gasteiger charge is 2.29. The third-order valence-electron chi connectivity index (χ3n) is 2.98. The van der Waals surface area contributed by atoms with Crippen LogP contribution in [-0.2, 0) is 0 Å². The number of likely N-dealkylation sites (tertiary alicyclic amines) is 1. The summed E-state index contributed by atoms with van der Waals surface area (Å²) in [6.45, 7) is 9.08. The Hall–Kier alpha value is -0.0800. The topological polar surface area (TPSA) is 29.3 Å². The predicted molar refractivity (Wildman–Crippen MR) is 48.5 cm³/mol. The maximum absolute atomic E-state index is 5.71. The summed E-state index contributed by atoms with van der Waals surface area (Å²) < 4.78 is 0. The monoisotopic (exact) mass is 156 g/mol. The third kappa shape index (κ3) is 1.94. The van der Waals surface area contributed by atoms with Gasteiger partial charge in [0.15, 0.2) is 0 Å². The van der Waals surface area contributed by atoms with Crippen molar-refractivity contribution in [3.05, 3.63) is 0 Å². The Labute approximate surface area is 69.8 Å². The summed E-state index contributed by atoms with van der Waals surface area (Å²) in [5.74, 6) is 0.808. The van der Waals surface area contributed by atoms with E-state index in [9.17, 15) is 0 Å². The van der Waals surface area contributed by atoms with Crippen molar-refractivity contribution in [1.29, 1.82) is 0 Å². The van der Waals surface area contributed by atoms with E-state index in [-0.39, 0.29) is 0 Å². The lowest BCUT2D eigenvalue weighted by Gasteiger charge is -2.43. The van der Waals surface area contributed by atoms with Crippen LogP contribution in [0.2, 0.25) is 0 Å². The van der Waals surface area contributed by atoms with E-state index in [1.807, 2.05) is 0 Å². The second-order valence-electron chi connectivity index (χ2n) is 3.84. The van der Waals surface area contributed by atoms with E-state index < -0.39 is 0 Å². The summed E-state index contributed by atoms with van der Waals surface area (Å²) in [5, 5.41) is 0. The first kappa shape index (κ1) is 9.01. The number of nitrogens with two attached hydrogens (primary N) is 1. The molecule has 0 aromatic rings. The molecular weight excluding hydrogens is 136 g/mol. The molecule has 1 aliphatic heterocycles. The molecule has 1 aliphatic rings. The smallest absolute Gasteiger partial charge is 0.0297 e. The van der Waals surface area contributed by atoms with Crippen LogP contribution in [0.15, 0.2) is 0 Å². The molecule has 0 bridgehead atoms. The van der Waals surface area contributed by atoms with E-state index >= 15 is 0 Å². The third-order valence-corrected chi connectivity index (χ3v) is 2.98. The van der Waals surface area contributed by atoms with Crippen LogP contribution in [0.4, 0.5) is 0 Å². The van der Waals surface area contributed by atoms with Crippen LogP contribution in [0.1, 0.15) is 27.2 Å². The average Bonchev–Trinajstić information content (AvgIpc) is 1.96. The molecular formula is C9H20N2. The van der Waals surface area contributed by atoms with Crippen LogP contribution < -0.4 is 5.73 Å². The Bertz CT molecular complexity index is 119. The van der Waals surface area contributed by atoms with Gasteiger partial charge in [-0.3, -0.25) is 4.90 Å². The number of hydrogen-bond acceptors (Lipinski definition) is 2. The van der Waals surface area contributed by atoms with Crippen molar-refractivity contribution < 1.29 is 0 Å².